The first kappa shape index (κ1) is 29.6. The Kier molecular flexibility index (Phi) is 7.99. The zero-order chi connectivity index (χ0) is 30.4. The molecule has 230 valence electrons. The molecule has 3 fully saturated rings. The molecule has 1 aromatic carbocycles. The van der Waals surface area contributed by atoms with Crippen LogP contribution in [0.15, 0.2) is 47.3 Å². The molecule has 3 saturated carbocycles. The third kappa shape index (κ3) is 5.31. The molecule has 6 rings (SSSR count). The van der Waals surface area contributed by atoms with E-state index in [1.54, 1.807) is 6.92 Å². The summed E-state index contributed by atoms with van der Waals surface area (Å²) in [5.74, 6) is 1.69. The summed E-state index contributed by atoms with van der Waals surface area (Å²) in [6, 6.07) is 7.01. The Labute approximate surface area is 254 Å². The number of aromatic nitrogens is 1. The number of rotatable bonds is 8. The first-order valence-corrected chi connectivity index (χ1v) is 16.0. The van der Waals surface area contributed by atoms with Crippen LogP contribution in [0.2, 0.25) is 0 Å². The third-order valence-electron chi connectivity index (χ3n) is 11.8. The lowest BCUT2D eigenvalue weighted by atomic mass is 9.46. The molecule has 8 nitrogen and oxygen atoms in total. The molecular formula is C35H45N3O5. The van der Waals surface area contributed by atoms with Crippen LogP contribution in [0.4, 0.5) is 0 Å². The van der Waals surface area contributed by atoms with E-state index in [2.05, 4.69) is 35.4 Å². The van der Waals surface area contributed by atoms with E-state index in [9.17, 15) is 14.4 Å². The lowest BCUT2D eigenvalue weighted by Gasteiger charge is -2.58. The number of carbonyl (C=O) groups is 3. The highest BCUT2D eigenvalue weighted by atomic mass is 16.6. The molecule has 0 spiro atoms. The second-order valence-corrected chi connectivity index (χ2v) is 13.9. The molecule has 0 unspecified atom stereocenters. The van der Waals surface area contributed by atoms with Crippen molar-refractivity contribution in [1.29, 1.82) is 0 Å². The van der Waals surface area contributed by atoms with Crippen molar-refractivity contribution in [3.63, 3.8) is 0 Å². The number of benzene rings is 1. The standard InChI is InChI=1S/C35H45N3O5/c1-21(39)27-11-12-28-26-10-9-23-18-24(13-15-34(23,2)29(26)14-16-35(27,28)3)38-43-20-32(40)37-31(33(41)42-4)17-22-19-36-30-8-6-5-7-25(22)30/h5-8,18-19,26-29,31,36H,9-17,20H2,1-4H3,(H,37,40)/t26-,27+,28-,29-,31+,34-,35+/m0/s1. The van der Waals surface area contributed by atoms with Crippen LogP contribution in [0.3, 0.4) is 0 Å². The zero-order valence-electron chi connectivity index (χ0n) is 25.9. The molecule has 2 N–H and O–H groups in total. The highest BCUT2D eigenvalue weighted by Gasteiger charge is 2.59. The Morgan fingerprint density at radius 3 is 2.67 bits per heavy atom. The maximum absolute atomic E-state index is 12.8. The molecule has 2 aromatic rings. The number of H-pyrrole nitrogens is 1. The number of oxime groups is 1. The molecule has 1 aromatic heterocycles. The van der Waals surface area contributed by atoms with Gasteiger partial charge in [0.2, 0.25) is 0 Å². The fourth-order valence-corrected chi connectivity index (χ4v) is 9.58. The van der Waals surface area contributed by atoms with Gasteiger partial charge in [0.05, 0.1) is 12.8 Å². The van der Waals surface area contributed by atoms with E-state index < -0.39 is 17.9 Å². The van der Waals surface area contributed by atoms with Crippen LogP contribution in [0.25, 0.3) is 10.9 Å². The van der Waals surface area contributed by atoms with Gasteiger partial charge in [0.1, 0.15) is 11.8 Å². The van der Waals surface area contributed by atoms with Gasteiger partial charge in [-0.25, -0.2) is 4.79 Å². The summed E-state index contributed by atoms with van der Waals surface area (Å²) in [7, 11) is 1.32. The van der Waals surface area contributed by atoms with Crippen molar-refractivity contribution < 1.29 is 24.0 Å². The van der Waals surface area contributed by atoms with Gasteiger partial charge >= 0.3 is 5.97 Å². The molecule has 0 saturated heterocycles. The van der Waals surface area contributed by atoms with E-state index in [1.807, 2.05) is 30.5 Å². The average molecular weight is 588 g/mol. The Morgan fingerprint density at radius 2 is 1.88 bits per heavy atom. The van der Waals surface area contributed by atoms with Crippen LogP contribution < -0.4 is 5.32 Å². The highest BCUT2D eigenvalue weighted by Crippen LogP contribution is 2.66. The minimum absolute atomic E-state index is 0.158. The molecule has 0 radical (unpaired) electrons. The van der Waals surface area contributed by atoms with E-state index in [1.165, 1.54) is 31.9 Å². The molecular weight excluding hydrogens is 542 g/mol. The van der Waals surface area contributed by atoms with Crippen molar-refractivity contribution in [3.05, 3.63) is 47.7 Å². The van der Waals surface area contributed by atoms with Crippen LogP contribution >= 0.6 is 0 Å². The second kappa shape index (κ2) is 11.6. The fourth-order valence-electron chi connectivity index (χ4n) is 9.58. The van der Waals surface area contributed by atoms with Crippen molar-refractivity contribution in [2.24, 2.45) is 39.7 Å². The van der Waals surface area contributed by atoms with E-state index in [4.69, 9.17) is 9.57 Å². The maximum Gasteiger partial charge on any atom is 0.328 e. The van der Waals surface area contributed by atoms with Gasteiger partial charge in [-0.1, -0.05) is 42.8 Å². The number of esters is 1. The minimum atomic E-state index is -0.830. The summed E-state index contributed by atoms with van der Waals surface area (Å²) in [5.41, 5.74) is 4.56. The van der Waals surface area contributed by atoms with E-state index in [-0.39, 0.29) is 23.4 Å². The van der Waals surface area contributed by atoms with Crippen molar-refractivity contribution in [3.8, 4) is 0 Å². The normalized spacial score (nSPS) is 33.1. The lowest BCUT2D eigenvalue weighted by molar-refractivity contribution is -0.145. The number of ketones is 1. The number of hydrogen-bond donors (Lipinski definition) is 2. The van der Waals surface area contributed by atoms with Crippen molar-refractivity contribution in [1.82, 2.24) is 10.3 Å². The number of nitrogens with zero attached hydrogens (tertiary/aromatic N) is 1. The first-order valence-electron chi connectivity index (χ1n) is 16.0. The van der Waals surface area contributed by atoms with Gasteiger partial charge in [0, 0.05) is 29.4 Å². The number of ether oxygens (including phenoxy) is 1. The summed E-state index contributed by atoms with van der Waals surface area (Å²) in [6.45, 7) is 6.37. The first-order chi connectivity index (χ1) is 20.6. The minimum Gasteiger partial charge on any atom is -0.467 e. The second-order valence-electron chi connectivity index (χ2n) is 13.9. The van der Waals surface area contributed by atoms with Gasteiger partial charge in [-0.2, -0.15) is 0 Å². The zero-order valence-corrected chi connectivity index (χ0v) is 25.9. The number of para-hydroxylation sites is 1. The predicted octanol–water partition coefficient (Wildman–Crippen LogP) is 5.91. The number of methoxy groups -OCH3 is 1. The number of fused-ring (bicyclic) bond motifs is 6. The number of Topliss-reactive ketones (excluding diaryl/α,β-unsaturated/α-hetero) is 1. The Morgan fingerprint density at radius 1 is 1.07 bits per heavy atom. The van der Waals surface area contributed by atoms with Gasteiger partial charge < -0.3 is 19.9 Å². The number of amides is 1. The maximum atomic E-state index is 12.8. The molecule has 1 heterocycles. The predicted molar refractivity (Wildman–Crippen MR) is 165 cm³/mol. The van der Waals surface area contributed by atoms with Crippen molar-refractivity contribution >= 4 is 34.3 Å². The quantitative estimate of drug-likeness (QED) is 0.295. The molecule has 8 heteroatoms. The molecule has 1 amide bonds. The number of hydrogen-bond acceptors (Lipinski definition) is 6. The van der Waals surface area contributed by atoms with Gasteiger partial charge in [-0.3, -0.25) is 9.59 Å². The Balaban J connectivity index is 1.07. The molecule has 0 aliphatic heterocycles. The van der Waals surface area contributed by atoms with Gasteiger partial charge in [-0.05, 0) is 105 Å². The number of allylic oxidation sites excluding steroid dienone is 2. The molecule has 7 atom stereocenters. The summed E-state index contributed by atoms with van der Waals surface area (Å²) < 4.78 is 4.96. The summed E-state index contributed by atoms with van der Waals surface area (Å²) in [5, 5.41) is 8.12. The van der Waals surface area contributed by atoms with Crippen LogP contribution in [-0.4, -0.2) is 48.1 Å². The summed E-state index contributed by atoms with van der Waals surface area (Å²) >= 11 is 0. The number of nitrogens with one attached hydrogen (secondary N) is 2. The Bertz CT molecular complexity index is 1470. The average Bonchev–Trinajstić information content (AvgIpc) is 3.57. The third-order valence-corrected chi connectivity index (χ3v) is 11.8. The van der Waals surface area contributed by atoms with Gasteiger partial charge in [-0.15, -0.1) is 0 Å². The smallest absolute Gasteiger partial charge is 0.328 e. The number of aromatic amines is 1. The van der Waals surface area contributed by atoms with Crippen LogP contribution in [0, 0.1) is 34.5 Å². The fraction of sp³-hybridized carbons (Fsp3) is 0.600. The molecule has 4 aliphatic carbocycles. The molecule has 4 aliphatic rings. The largest absolute Gasteiger partial charge is 0.467 e. The van der Waals surface area contributed by atoms with Gasteiger partial charge in [0.25, 0.3) is 5.91 Å². The number of carbonyl (C=O) groups excluding carboxylic acids is 3. The highest BCUT2D eigenvalue weighted by molar-refractivity contribution is 5.96. The topological polar surface area (TPSA) is 110 Å². The summed E-state index contributed by atoms with van der Waals surface area (Å²) in [4.78, 5) is 46.4. The monoisotopic (exact) mass is 587 g/mol. The van der Waals surface area contributed by atoms with E-state index in [0.717, 1.165) is 54.3 Å². The lowest BCUT2D eigenvalue weighted by Crippen LogP contribution is -2.51. The molecule has 0 bridgehead atoms. The SMILES string of the molecule is COC(=O)[C@@H](Cc1c[nH]c2ccccc12)NC(=O)CON=C1C=C2CC[C@H]3[C@@H]4CC[C@H](C(C)=O)[C@@]4(C)CC[C@@H]3[C@@]2(C)CC1. The summed E-state index contributed by atoms with van der Waals surface area (Å²) in [6.07, 6.45) is 13.1. The Hall–Kier alpha value is -3.42. The van der Waals surface area contributed by atoms with Crippen LogP contribution in [0.1, 0.15) is 77.7 Å². The van der Waals surface area contributed by atoms with Crippen LogP contribution in [0.5, 0.6) is 0 Å². The van der Waals surface area contributed by atoms with E-state index >= 15 is 0 Å². The van der Waals surface area contributed by atoms with Crippen molar-refractivity contribution in [2.75, 3.05) is 13.7 Å². The molecule has 43 heavy (non-hydrogen) atoms. The van der Waals surface area contributed by atoms with E-state index in [0.29, 0.717) is 30.0 Å². The van der Waals surface area contributed by atoms with Crippen LogP contribution in [-0.2, 0) is 30.4 Å². The van der Waals surface area contributed by atoms with Crippen molar-refractivity contribution in [2.45, 2.75) is 84.6 Å². The van der Waals surface area contributed by atoms with Gasteiger partial charge in [0.15, 0.2) is 6.61 Å².